The molecule has 1 heterocycles. The highest BCUT2D eigenvalue weighted by Crippen LogP contribution is 2.14. The van der Waals surface area contributed by atoms with Gasteiger partial charge in [0.1, 0.15) is 0 Å². The Kier molecular flexibility index (Phi) is 3.48. The first-order chi connectivity index (χ1) is 6.65. The molecule has 0 spiro atoms. The van der Waals surface area contributed by atoms with Crippen LogP contribution in [0.25, 0.3) is 0 Å². The van der Waals surface area contributed by atoms with Crippen LogP contribution in [0.5, 0.6) is 0 Å². The zero-order chi connectivity index (χ0) is 10.6. The Bertz CT molecular complexity index is 292. The third kappa shape index (κ3) is 2.47. The summed E-state index contributed by atoms with van der Waals surface area (Å²) < 4.78 is 0. The number of carbonyl (C=O) groups is 2. The van der Waals surface area contributed by atoms with Crippen molar-refractivity contribution in [1.82, 2.24) is 10.2 Å². The Labute approximate surface area is 82.1 Å². The normalized spacial score (nSPS) is 26.4. The summed E-state index contributed by atoms with van der Waals surface area (Å²) in [5, 5.41) is 10.9. The Morgan fingerprint density at radius 1 is 1.71 bits per heavy atom. The lowest BCUT2D eigenvalue weighted by molar-refractivity contribution is -0.103. The van der Waals surface area contributed by atoms with Crippen molar-refractivity contribution in [3.05, 3.63) is 0 Å². The average molecular weight is 196 g/mol. The van der Waals surface area contributed by atoms with E-state index in [4.69, 9.17) is 5.11 Å². The van der Waals surface area contributed by atoms with Crippen LogP contribution in [0, 0.1) is 11.8 Å². The summed E-state index contributed by atoms with van der Waals surface area (Å²) in [4.78, 5) is 22.4. The molecule has 0 saturated carbocycles. The van der Waals surface area contributed by atoms with Gasteiger partial charge in [-0.1, -0.05) is 5.92 Å². The number of carboxylic acid groups (broad SMARTS) is 1. The summed E-state index contributed by atoms with van der Waals surface area (Å²) in [5.74, 6) is 5.04. The molecule has 1 amide bonds. The highest BCUT2D eigenvalue weighted by molar-refractivity contribution is 5.73. The van der Waals surface area contributed by atoms with Gasteiger partial charge in [0, 0.05) is 6.54 Å². The summed E-state index contributed by atoms with van der Waals surface area (Å²) in [6.45, 7) is 0.781. The quantitative estimate of drug-likeness (QED) is 0.439. The Morgan fingerprint density at radius 2 is 2.43 bits per heavy atom. The molecule has 1 aliphatic rings. The topological polar surface area (TPSA) is 69.6 Å². The van der Waals surface area contributed by atoms with Crippen molar-refractivity contribution in [2.45, 2.75) is 18.5 Å². The molecule has 1 rings (SSSR count). The molecule has 0 aliphatic carbocycles. The number of nitrogens with zero attached hydrogens (tertiary/aromatic N) is 1. The van der Waals surface area contributed by atoms with Crippen LogP contribution in [0.1, 0.15) is 6.42 Å². The number of rotatable bonds is 1. The van der Waals surface area contributed by atoms with Gasteiger partial charge in [0.05, 0.1) is 12.1 Å². The first kappa shape index (κ1) is 10.5. The summed E-state index contributed by atoms with van der Waals surface area (Å²) in [6.07, 6.45) is 0.188. The highest BCUT2D eigenvalue weighted by Gasteiger charge is 2.31. The van der Waals surface area contributed by atoms with Crippen molar-refractivity contribution in [3.63, 3.8) is 0 Å². The van der Waals surface area contributed by atoms with Crippen molar-refractivity contribution in [1.29, 1.82) is 0 Å². The predicted molar refractivity (Wildman–Crippen MR) is 49.8 cm³/mol. The van der Waals surface area contributed by atoms with Gasteiger partial charge in [-0.2, -0.15) is 0 Å². The molecule has 1 aliphatic heterocycles. The number of likely N-dealkylation sites (tertiary alicyclic amines) is 1. The molecule has 5 heteroatoms. The zero-order valence-corrected chi connectivity index (χ0v) is 7.86. The monoisotopic (exact) mass is 196 g/mol. The van der Waals surface area contributed by atoms with Gasteiger partial charge in [-0.15, -0.1) is 0 Å². The lowest BCUT2D eigenvalue weighted by Gasteiger charge is -2.18. The lowest BCUT2D eigenvalue weighted by atomic mass is 10.1. The van der Waals surface area contributed by atoms with Gasteiger partial charge in [0.25, 0.3) is 0 Å². The van der Waals surface area contributed by atoms with Crippen LogP contribution < -0.4 is 5.32 Å². The van der Waals surface area contributed by atoms with Crippen LogP contribution in [-0.2, 0) is 4.79 Å². The maximum absolute atomic E-state index is 10.4. The van der Waals surface area contributed by atoms with Gasteiger partial charge in [-0.25, -0.2) is 4.79 Å². The number of carbonyl (C=O) groups excluding carboxylic acids is 1. The van der Waals surface area contributed by atoms with E-state index in [2.05, 4.69) is 17.2 Å². The van der Waals surface area contributed by atoms with E-state index in [0.29, 0.717) is 6.29 Å². The standard InChI is InChI=1S/C9H12N2O3/c1-11-5-4-7(10-9(13)14)8(11)3-2-6-12/h6-8,10H,4-5H2,1H3,(H,13,14)/t7-,8?/m1/s1. The minimum Gasteiger partial charge on any atom is -0.465 e. The van der Waals surface area contributed by atoms with Gasteiger partial charge >= 0.3 is 6.09 Å². The molecule has 0 bridgehead atoms. The van der Waals surface area contributed by atoms with E-state index in [1.54, 1.807) is 0 Å². The molecular weight excluding hydrogens is 184 g/mol. The molecule has 2 N–H and O–H groups in total. The van der Waals surface area contributed by atoms with Crippen LogP contribution in [0.4, 0.5) is 4.79 Å². The smallest absolute Gasteiger partial charge is 0.404 e. The molecule has 0 aromatic carbocycles. The Balaban J connectivity index is 2.66. The van der Waals surface area contributed by atoms with Crippen molar-refractivity contribution >= 4 is 12.4 Å². The number of hydrogen-bond donors (Lipinski definition) is 2. The number of likely N-dealkylation sites (N-methyl/N-ethyl adjacent to an activating group) is 1. The Hall–Kier alpha value is -1.54. The molecule has 14 heavy (non-hydrogen) atoms. The summed E-state index contributed by atoms with van der Waals surface area (Å²) in [7, 11) is 1.85. The van der Waals surface area contributed by atoms with Crippen LogP contribution >= 0.6 is 0 Å². The van der Waals surface area contributed by atoms with Gasteiger partial charge in [0.2, 0.25) is 0 Å². The minimum atomic E-state index is -1.05. The molecule has 2 atom stereocenters. The van der Waals surface area contributed by atoms with Crippen molar-refractivity contribution in [2.75, 3.05) is 13.6 Å². The van der Waals surface area contributed by atoms with E-state index in [1.807, 2.05) is 11.9 Å². The second-order valence-electron chi connectivity index (χ2n) is 3.18. The van der Waals surface area contributed by atoms with Gasteiger partial charge in [0.15, 0.2) is 6.29 Å². The van der Waals surface area contributed by atoms with Crippen LogP contribution in [0.3, 0.4) is 0 Å². The third-order valence-corrected chi connectivity index (χ3v) is 2.25. The van der Waals surface area contributed by atoms with Crippen LogP contribution in [0.2, 0.25) is 0 Å². The number of aldehydes is 1. The first-order valence-electron chi connectivity index (χ1n) is 4.29. The van der Waals surface area contributed by atoms with E-state index >= 15 is 0 Å². The fourth-order valence-electron chi connectivity index (χ4n) is 1.59. The van der Waals surface area contributed by atoms with Crippen molar-refractivity contribution in [2.24, 2.45) is 0 Å². The summed E-state index contributed by atoms with van der Waals surface area (Å²) >= 11 is 0. The SMILES string of the molecule is CN1CC[C@@H](NC(=O)O)C1C#CC=O. The number of hydrogen-bond acceptors (Lipinski definition) is 3. The molecule has 76 valence electrons. The molecule has 5 nitrogen and oxygen atoms in total. The maximum Gasteiger partial charge on any atom is 0.404 e. The van der Waals surface area contributed by atoms with Gasteiger partial charge < -0.3 is 10.4 Å². The van der Waals surface area contributed by atoms with Crippen LogP contribution in [0.15, 0.2) is 0 Å². The molecule has 0 aromatic heterocycles. The second-order valence-corrected chi connectivity index (χ2v) is 3.18. The average Bonchev–Trinajstić information content (AvgIpc) is 2.44. The largest absolute Gasteiger partial charge is 0.465 e. The van der Waals surface area contributed by atoms with E-state index in [1.165, 1.54) is 0 Å². The fraction of sp³-hybridized carbons (Fsp3) is 0.556. The lowest BCUT2D eigenvalue weighted by Crippen LogP contribution is -2.42. The van der Waals surface area contributed by atoms with E-state index in [9.17, 15) is 9.59 Å². The van der Waals surface area contributed by atoms with Crippen molar-refractivity contribution < 1.29 is 14.7 Å². The van der Waals surface area contributed by atoms with E-state index in [-0.39, 0.29) is 12.1 Å². The predicted octanol–water partition coefficient (Wildman–Crippen LogP) is -0.471. The van der Waals surface area contributed by atoms with Crippen LogP contribution in [-0.4, -0.2) is 48.1 Å². The molecule has 1 saturated heterocycles. The second kappa shape index (κ2) is 4.63. The van der Waals surface area contributed by atoms with Gasteiger partial charge in [-0.3, -0.25) is 9.69 Å². The highest BCUT2D eigenvalue weighted by atomic mass is 16.4. The molecule has 1 unspecified atom stereocenters. The summed E-state index contributed by atoms with van der Waals surface area (Å²) in [5.41, 5.74) is 0. The molecular formula is C9H12N2O3. The van der Waals surface area contributed by atoms with E-state index < -0.39 is 6.09 Å². The Morgan fingerprint density at radius 3 is 3.00 bits per heavy atom. The summed E-state index contributed by atoms with van der Waals surface area (Å²) in [6, 6.07) is -0.402. The third-order valence-electron chi connectivity index (χ3n) is 2.25. The van der Waals surface area contributed by atoms with Gasteiger partial charge in [-0.05, 0) is 19.4 Å². The minimum absolute atomic E-state index is 0.198. The van der Waals surface area contributed by atoms with Crippen molar-refractivity contribution in [3.8, 4) is 11.8 Å². The molecule has 0 aromatic rings. The maximum atomic E-state index is 10.4. The fourth-order valence-corrected chi connectivity index (χ4v) is 1.59. The molecule has 0 radical (unpaired) electrons. The first-order valence-corrected chi connectivity index (χ1v) is 4.29. The molecule has 1 fully saturated rings. The van der Waals surface area contributed by atoms with E-state index in [0.717, 1.165) is 13.0 Å². The number of amides is 1. The number of nitrogens with one attached hydrogen (secondary N) is 1. The zero-order valence-electron chi connectivity index (χ0n) is 7.86.